The van der Waals surface area contributed by atoms with Gasteiger partial charge in [0.2, 0.25) is 0 Å². The molecule has 1 fully saturated rings. The summed E-state index contributed by atoms with van der Waals surface area (Å²) in [7, 11) is 1.71. The van der Waals surface area contributed by atoms with Crippen LogP contribution < -0.4 is 4.74 Å². The average Bonchev–Trinajstić information content (AvgIpc) is 2.02. The van der Waals surface area contributed by atoms with Crippen LogP contribution in [-0.2, 0) is 0 Å². The fraction of sp³-hybridized carbons (Fsp3) is 0.364. The van der Waals surface area contributed by atoms with Gasteiger partial charge in [0, 0.05) is 0 Å². The maximum absolute atomic E-state index is 5.16. The zero-order valence-electron chi connectivity index (χ0n) is 7.29. The fourth-order valence-corrected chi connectivity index (χ4v) is 1.51. The molecule has 1 heteroatoms. The lowest BCUT2D eigenvalue weighted by atomic mass is 9.80. The van der Waals surface area contributed by atoms with E-state index in [0.29, 0.717) is 5.92 Å². The van der Waals surface area contributed by atoms with Gasteiger partial charge in [-0.2, -0.15) is 0 Å². The largest absolute Gasteiger partial charge is 0.497 e. The van der Waals surface area contributed by atoms with Crippen molar-refractivity contribution in [3.63, 3.8) is 0 Å². The molecule has 1 radical (unpaired) electrons. The topological polar surface area (TPSA) is 9.23 Å². The van der Waals surface area contributed by atoms with Crippen LogP contribution in [0.1, 0.15) is 24.3 Å². The first-order valence-corrected chi connectivity index (χ1v) is 4.37. The minimum atomic E-state index is 0.681. The molecule has 0 amide bonds. The molecule has 1 aromatic carbocycles. The summed E-state index contributed by atoms with van der Waals surface area (Å²) in [5.41, 5.74) is 1.39. The number of rotatable bonds is 2. The maximum Gasteiger partial charge on any atom is 0.119 e. The van der Waals surface area contributed by atoms with Crippen LogP contribution in [0.2, 0.25) is 0 Å². The van der Waals surface area contributed by atoms with E-state index in [1.807, 2.05) is 6.07 Å². The molecular weight excluding hydrogens is 148 g/mol. The van der Waals surface area contributed by atoms with Crippen molar-refractivity contribution in [3.8, 4) is 5.75 Å². The smallest absolute Gasteiger partial charge is 0.119 e. The Bertz CT molecular complexity index is 263. The van der Waals surface area contributed by atoms with E-state index in [1.54, 1.807) is 7.11 Å². The van der Waals surface area contributed by atoms with Crippen molar-refractivity contribution in [2.75, 3.05) is 7.11 Å². The van der Waals surface area contributed by atoms with Gasteiger partial charge in [0.05, 0.1) is 7.11 Å². The molecule has 0 bridgehead atoms. The van der Waals surface area contributed by atoms with Gasteiger partial charge in [0.25, 0.3) is 0 Å². The summed E-state index contributed by atoms with van der Waals surface area (Å²) in [6.07, 6.45) is 4.92. The number of methoxy groups -OCH3 is 1. The monoisotopic (exact) mass is 161 g/mol. The second-order valence-corrected chi connectivity index (χ2v) is 3.20. The van der Waals surface area contributed by atoms with Crippen molar-refractivity contribution in [2.45, 2.75) is 18.8 Å². The lowest BCUT2D eigenvalue weighted by molar-refractivity contribution is 0.413. The van der Waals surface area contributed by atoms with Crippen molar-refractivity contribution in [1.29, 1.82) is 0 Å². The maximum atomic E-state index is 5.16. The van der Waals surface area contributed by atoms with Gasteiger partial charge in [0.1, 0.15) is 5.75 Å². The molecule has 2 rings (SSSR count). The highest BCUT2D eigenvalue weighted by atomic mass is 16.5. The predicted octanol–water partition coefficient (Wildman–Crippen LogP) is 2.78. The molecule has 1 unspecified atom stereocenters. The number of hydrogen-bond donors (Lipinski definition) is 0. The molecule has 63 valence electrons. The Morgan fingerprint density at radius 2 is 2.25 bits per heavy atom. The van der Waals surface area contributed by atoms with Gasteiger partial charge < -0.3 is 4.74 Å². The second kappa shape index (κ2) is 3.18. The Morgan fingerprint density at radius 3 is 2.83 bits per heavy atom. The van der Waals surface area contributed by atoms with Crippen molar-refractivity contribution in [3.05, 3.63) is 36.2 Å². The summed E-state index contributed by atoms with van der Waals surface area (Å²) >= 11 is 0. The number of benzene rings is 1. The summed E-state index contributed by atoms with van der Waals surface area (Å²) in [4.78, 5) is 0. The van der Waals surface area contributed by atoms with Crippen LogP contribution in [0.25, 0.3) is 0 Å². The predicted molar refractivity (Wildman–Crippen MR) is 49.3 cm³/mol. The first-order valence-electron chi connectivity index (χ1n) is 4.37. The Labute approximate surface area is 73.4 Å². The van der Waals surface area contributed by atoms with Crippen LogP contribution in [0.5, 0.6) is 5.75 Å². The highest BCUT2D eigenvalue weighted by Gasteiger charge is 2.19. The second-order valence-electron chi connectivity index (χ2n) is 3.20. The Morgan fingerprint density at radius 1 is 1.42 bits per heavy atom. The normalized spacial score (nSPS) is 17.1. The molecule has 0 spiro atoms. The quantitative estimate of drug-likeness (QED) is 0.648. The van der Waals surface area contributed by atoms with Gasteiger partial charge >= 0.3 is 0 Å². The average molecular weight is 161 g/mol. The third-order valence-electron chi connectivity index (χ3n) is 2.45. The number of hydrogen-bond acceptors (Lipinski definition) is 1. The molecule has 1 saturated carbocycles. The van der Waals surface area contributed by atoms with Gasteiger partial charge in [-0.1, -0.05) is 12.1 Å². The highest BCUT2D eigenvalue weighted by Crippen LogP contribution is 2.36. The van der Waals surface area contributed by atoms with E-state index in [9.17, 15) is 0 Å². The lowest BCUT2D eigenvalue weighted by Gasteiger charge is -2.25. The molecule has 12 heavy (non-hydrogen) atoms. The van der Waals surface area contributed by atoms with Gasteiger partial charge in [-0.3, -0.25) is 0 Å². The Hall–Kier alpha value is -0.980. The van der Waals surface area contributed by atoms with Gasteiger partial charge in [0.15, 0.2) is 0 Å². The van der Waals surface area contributed by atoms with Crippen LogP contribution in [-0.4, -0.2) is 7.11 Å². The Balaban J connectivity index is 2.19. The van der Waals surface area contributed by atoms with Crippen LogP contribution in [0.3, 0.4) is 0 Å². The van der Waals surface area contributed by atoms with Crippen LogP contribution in [0.15, 0.2) is 24.3 Å². The molecule has 1 aliphatic rings. The standard InChI is InChI=1S/C11H13O/c1-12-11-7-3-6-10(8-11)9-4-2-5-9/h3-4,6-9H,2,5H2,1H3. The van der Waals surface area contributed by atoms with Crippen molar-refractivity contribution >= 4 is 0 Å². The number of ether oxygens (including phenoxy) is 1. The van der Waals surface area contributed by atoms with E-state index in [2.05, 4.69) is 24.6 Å². The molecule has 0 saturated heterocycles. The highest BCUT2D eigenvalue weighted by molar-refractivity contribution is 5.33. The van der Waals surface area contributed by atoms with Crippen LogP contribution in [0.4, 0.5) is 0 Å². The van der Waals surface area contributed by atoms with E-state index >= 15 is 0 Å². The van der Waals surface area contributed by atoms with Gasteiger partial charge in [-0.15, -0.1) is 0 Å². The van der Waals surface area contributed by atoms with Gasteiger partial charge in [-0.05, 0) is 42.9 Å². The molecule has 0 aromatic heterocycles. The lowest BCUT2D eigenvalue weighted by Crippen LogP contribution is -2.09. The molecule has 0 aliphatic heterocycles. The van der Waals surface area contributed by atoms with Crippen LogP contribution in [0, 0.1) is 6.42 Å². The summed E-state index contributed by atoms with van der Waals surface area (Å²) in [6.45, 7) is 0. The van der Waals surface area contributed by atoms with E-state index in [4.69, 9.17) is 4.74 Å². The third kappa shape index (κ3) is 1.31. The first kappa shape index (κ1) is 7.66. The molecule has 1 aliphatic carbocycles. The summed E-state index contributed by atoms with van der Waals surface area (Å²) in [5.74, 6) is 1.65. The SMILES string of the molecule is COc1cccc(C2[CH]CC2)c1. The van der Waals surface area contributed by atoms with E-state index < -0.39 is 0 Å². The van der Waals surface area contributed by atoms with Crippen LogP contribution >= 0.6 is 0 Å². The minimum absolute atomic E-state index is 0.681. The van der Waals surface area contributed by atoms with E-state index in [1.165, 1.54) is 18.4 Å². The molecular formula is C11H13O. The first-order chi connectivity index (χ1) is 5.90. The molecule has 1 atom stereocenters. The Kier molecular flexibility index (Phi) is 2.03. The molecule has 0 N–H and O–H groups in total. The van der Waals surface area contributed by atoms with Crippen molar-refractivity contribution in [1.82, 2.24) is 0 Å². The van der Waals surface area contributed by atoms with E-state index in [-0.39, 0.29) is 0 Å². The molecule has 1 nitrogen and oxygen atoms in total. The zero-order chi connectivity index (χ0) is 8.39. The van der Waals surface area contributed by atoms with E-state index in [0.717, 1.165) is 5.75 Å². The fourth-order valence-electron chi connectivity index (χ4n) is 1.51. The zero-order valence-corrected chi connectivity index (χ0v) is 7.29. The van der Waals surface area contributed by atoms with Crippen molar-refractivity contribution in [2.24, 2.45) is 0 Å². The summed E-state index contributed by atoms with van der Waals surface area (Å²) in [5, 5.41) is 0. The molecule has 0 heterocycles. The van der Waals surface area contributed by atoms with Crippen molar-refractivity contribution < 1.29 is 4.74 Å². The summed E-state index contributed by atoms with van der Waals surface area (Å²) < 4.78 is 5.16. The van der Waals surface area contributed by atoms with Gasteiger partial charge in [-0.25, -0.2) is 0 Å². The molecule has 1 aromatic rings. The minimum Gasteiger partial charge on any atom is -0.497 e. The summed E-state index contributed by atoms with van der Waals surface area (Å²) in [6, 6.07) is 8.34. The third-order valence-corrected chi connectivity index (χ3v) is 2.45.